The number of para-hydroxylation sites is 1. The molecule has 0 unspecified atom stereocenters. The summed E-state index contributed by atoms with van der Waals surface area (Å²) in [6.45, 7) is 0. The van der Waals surface area contributed by atoms with Crippen molar-refractivity contribution in [3.63, 3.8) is 0 Å². The summed E-state index contributed by atoms with van der Waals surface area (Å²) in [6, 6.07) is 7.34. The van der Waals surface area contributed by atoms with Crippen molar-refractivity contribution in [3.8, 4) is 0 Å². The van der Waals surface area contributed by atoms with Gasteiger partial charge in [-0.1, -0.05) is 25.0 Å². The van der Waals surface area contributed by atoms with Crippen molar-refractivity contribution >= 4 is 17.6 Å². The molecule has 4 nitrogen and oxygen atoms in total. The van der Waals surface area contributed by atoms with Crippen LogP contribution < -0.4 is 4.72 Å². The van der Waals surface area contributed by atoms with Crippen molar-refractivity contribution in [3.05, 3.63) is 34.4 Å². The van der Waals surface area contributed by atoms with Crippen LogP contribution in [0.25, 0.3) is 0 Å². The molecule has 16 heavy (non-hydrogen) atoms. The van der Waals surface area contributed by atoms with Gasteiger partial charge in [0.25, 0.3) is 5.69 Å². The minimum Gasteiger partial charge on any atom is -0.258 e. The number of nitro benzene ring substituents is 1. The van der Waals surface area contributed by atoms with Gasteiger partial charge < -0.3 is 0 Å². The molecule has 5 heteroatoms. The molecule has 0 aliphatic heterocycles. The second-order valence-corrected chi connectivity index (χ2v) is 4.81. The Morgan fingerprint density at radius 2 is 2.00 bits per heavy atom. The van der Waals surface area contributed by atoms with Gasteiger partial charge in [0.1, 0.15) is 4.90 Å². The van der Waals surface area contributed by atoms with E-state index < -0.39 is 0 Å². The van der Waals surface area contributed by atoms with Crippen LogP contribution in [0.2, 0.25) is 0 Å². The molecule has 1 aromatic carbocycles. The molecule has 1 aliphatic rings. The standard InChI is InChI=1S/C11H14N2O2S/c14-13(15)10-7-3-4-8-11(10)16-12-9-5-1-2-6-9/h3-4,7-9,12H,1-2,5-6H2. The van der Waals surface area contributed by atoms with Crippen LogP contribution in [0.1, 0.15) is 25.7 Å². The molecule has 0 aromatic heterocycles. The predicted molar refractivity (Wildman–Crippen MR) is 64.3 cm³/mol. The monoisotopic (exact) mass is 238 g/mol. The van der Waals surface area contributed by atoms with Crippen molar-refractivity contribution in [2.45, 2.75) is 36.6 Å². The Hall–Kier alpha value is -1.07. The van der Waals surface area contributed by atoms with Gasteiger partial charge in [0, 0.05) is 12.1 Å². The summed E-state index contributed by atoms with van der Waals surface area (Å²) in [7, 11) is 0. The maximum Gasteiger partial charge on any atom is 0.284 e. The van der Waals surface area contributed by atoms with Crippen molar-refractivity contribution in [2.24, 2.45) is 0 Å². The molecule has 0 saturated heterocycles. The summed E-state index contributed by atoms with van der Waals surface area (Å²) in [5.74, 6) is 0. The molecule has 0 bridgehead atoms. The van der Waals surface area contributed by atoms with E-state index in [2.05, 4.69) is 4.72 Å². The molecular formula is C11H14N2O2S. The highest BCUT2D eigenvalue weighted by molar-refractivity contribution is 7.97. The first-order valence-corrected chi connectivity index (χ1v) is 6.25. The van der Waals surface area contributed by atoms with E-state index in [9.17, 15) is 10.1 Å². The van der Waals surface area contributed by atoms with Gasteiger partial charge in [0.2, 0.25) is 0 Å². The van der Waals surface area contributed by atoms with Crippen LogP contribution in [0.3, 0.4) is 0 Å². The van der Waals surface area contributed by atoms with E-state index in [1.54, 1.807) is 18.2 Å². The van der Waals surface area contributed by atoms with Crippen molar-refractivity contribution < 1.29 is 4.92 Å². The second kappa shape index (κ2) is 5.32. The summed E-state index contributed by atoms with van der Waals surface area (Å²) in [6.07, 6.45) is 4.87. The Morgan fingerprint density at radius 1 is 1.31 bits per heavy atom. The van der Waals surface area contributed by atoms with Crippen molar-refractivity contribution in [1.29, 1.82) is 0 Å². The third-order valence-corrected chi connectivity index (χ3v) is 3.77. The fourth-order valence-electron chi connectivity index (χ4n) is 1.88. The summed E-state index contributed by atoms with van der Waals surface area (Å²) in [4.78, 5) is 11.1. The molecule has 0 heterocycles. The fraction of sp³-hybridized carbons (Fsp3) is 0.455. The Balaban J connectivity index is 2.00. The summed E-state index contributed by atoms with van der Waals surface area (Å²) >= 11 is 1.38. The Bertz CT molecular complexity index is 378. The van der Waals surface area contributed by atoms with E-state index in [-0.39, 0.29) is 10.6 Å². The van der Waals surface area contributed by atoms with Gasteiger partial charge in [-0.2, -0.15) is 0 Å². The smallest absolute Gasteiger partial charge is 0.258 e. The molecule has 2 rings (SSSR count). The Morgan fingerprint density at radius 3 is 2.69 bits per heavy atom. The average Bonchev–Trinajstić information content (AvgIpc) is 2.79. The van der Waals surface area contributed by atoms with Crippen LogP contribution in [-0.4, -0.2) is 11.0 Å². The van der Waals surface area contributed by atoms with E-state index in [4.69, 9.17) is 0 Å². The molecule has 1 aliphatic carbocycles. The highest BCUT2D eigenvalue weighted by atomic mass is 32.2. The van der Waals surface area contributed by atoms with Gasteiger partial charge in [-0.3, -0.25) is 14.8 Å². The van der Waals surface area contributed by atoms with Crippen LogP contribution in [0.5, 0.6) is 0 Å². The number of nitro groups is 1. The molecular weight excluding hydrogens is 224 g/mol. The lowest BCUT2D eigenvalue weighted by Crippen LogP contribution is -2.18. The van der Waals surface area contributed by atoms with Crippen molar-refractivity contribution in [1.82, 2.24) is 4.72 Å². The number of hydrogen-bond donors (Lipinski definition) is 1. The van der Waals surface area contributed by atoms with Crippen LogP contribution in [-0.2, 0) is 0 Å². The molecule has 1 aromatic rings. The largest absolute Gasteiger partial charge is 0.284 e. The summed E-state index contributed by atoms with van der Waals surface area (Å²) in [5.41, 5.74) is 0.179. The van der Waals surface area contributed by atoms with Crippen LogP contribution >= 0.6 is 11.9 Å². The molecule has 1 fully saturated rings. The SMILES string of the molecule is O=[N+]([O-])c1ccccc1SNC1CCCC1. The molecule has 1 saturated carbocycles. The zero-order valence-corrected chi connectivity index (χ0v) is 9.70. The fourth-order valence-corrected chi connectivity index (χ4v) is 2.81. The molecule has 0 amide bonds. The van der Waals surface area contributed by atoms with E-state index in [1.807, 2.05) is 6.07 Å². The number of nitrogens with one attached hydrogen (secondary N) is 1. The van der Waals surface area contributed by atoms with Gasteiger partial charge >= 0.3 is 0 Å². The molecule has 0 spiro atoms. The number of nitrogens with zero attached hydrogens (tertiary/aromatic N) is 1. The first-order valence-electron chi connectivity index (χ1n) is 5.43. The van der Waals surface area contributed by atoms with Gasteiger partial charge in [0.05, 0.1) is 4.92 Å². The first-order chi connectivity index (χ1) is 7.77. The highest BCUT2D eigenvalue weighted by Crippen LogP contribution is 2.29. The number of rotatable bonds is 4. The van der Waals surface area contributed by atoms with Crippen molar-refractivity contribution in [2.75, 3.05) is 0 Å². The summed E-state index contributed by atoms with van der Waals surface area (Å²) < 4.78 is 3.31. The van der Waals surface area contributed by atoms with Crippen LogP contribution in [0.4, 0.5) is 5.69 Å². The lowest BCUT2D eigenvalue weighted by molar-refractivity contribution is -0.387. The highest BCUT2D eigenvalue weighted by Gasteiger charge is 2.17. The average molecular weight is 238 g/mol. The molecule has 0 atom stereocenters. The second-order valence-electron chi connectivity index (χ2n) is 3.93. The van der Waals surface area contributed by atoms with Crippen LogP contribution in [0, 0.1) is 10.1 Å². The van der Waals surface area contributed by atoms with E-state index in [1.165, 1.54) is 37.6 Å². The van der Waals surface area contributed by atoms with Crippen LogP contribution in [0.15, 0.2) is 29.2 Å². The quantitative estimate of drug-likeness (QED) is 0.497. The van der Waals surface area contributed by atoms with Gasteiger partial charge in [-0.15, -0.1) is 0 Å². The Labute approximate surface area is 98.7 Å². The molecule has 86 valence electrons. The number of hydrogen-bond acceptors (Lipinski definition) is 4. The lowest BCUT2D eigenvalue weighted by Gasteiger charge is -2.10. The zero-order valence-electron chi connectivity index (χ0n) is 8.89. The minimum atomic E-state index is -0.335. The maximum atomic E-state index is 10.8. The number of benzene rings is 1. The third-order valence-electron chi connectivity index (χ3n) is 2.75. The topological polar surface area (TPSA) is 55.2 Å². The Kier molecular flexibility index (Phi) is 3.79. The summed E-state index contributed by atoms with van der Waals surface area (Å²) in [5, 5.41) is 10.8. The molecule has 1 N–H and O–H groups in total. The predicted octanol–water partition coefficient (Wildman–Crippen LogP) is 3.13. The van der Waals surface area contributed by atoms with E-state index in [0.29, 0.717) is 10.9 Å². The molecule has 0 radical (unpaired) electrons. The minimum absolute atomic E-state index is 0.179. The lowest BCUT2D eigenvalue weighted by atomic mass is 10.3. The van der Waals surface area contributed by atoms with Gasteiger partial charge in [-0.25, -0.2) is 0 Å². The maximum absolute atomic E-state index is 10.8. The van der Waals surface area contributed by atoms with Gasteiger partial charge in [0.15, 0.2) is 0 Å². The normalized spacial score (nSPS) is 16.5. The first kappa shape index (κ1) is 11.4. The van der Waals surface area contributed by atoms with E-state index in [0.717, 1.165) is 0 Å². The zero-order chi connectivity index (χ0) is 11.4. The van der Waals surface area contributed by atoms with Gasteiger partial charge in [-0.05, 0) is 30.9 Å². The van der Waals surface area contributed by atoms with E-state index >= 15 is 0 Å². The third kappa shape index (κ3) is 2.74.